The average Bonchev–Trinajstić information content (AvgIpc) is 2.60. The van der Waals surface area contributed by atoms with Crippen LogP contribution in [0.4, 0.5) is 0 Å². The van der Waals surface area contributed by atoms with E-state index in [0.717, 1.165) is 18.7 Å². The number of H-pyrrole nitrogens is 1. The predicted octanol–water partition coefficient (Wildman–Crippen LogP) is 2.66. The summed E-state index contributed by atoms with van der Waals surface area (Å²) in [5.74, 6) is 3.59. The van der Waals surface area contributed by atoms with Gasteiger partial charge in [0.2, 0.25) is 0 Å². The molecule has 0 fully saturated rings. The molecular weight excluding hydrogens is 180 g/mol. The van der Waals surface area contributed by atoms with Crippen molar-refractivity contribution in [2.24, 2.45) is 0 Å². The standard InChI is InChI=1S/C10H18N2S/c1-3-6-13-7-5-10-11-8-9(4-2)12-10/h8H,3-7H2,1-2H3,(H,11,12). The maximum atomic E-state index is 4.46. The van der Waals surface area contributed by atoms with Crippen LogP contribution in [0.2, 0.25) is 0 Å². The summed E-state index contributed by atoms with van der Waals surface area (Å²) in [6.45, 7) is 4.35. The lowest BCUT2D eigenvalue weighted by atomic mass is 10.4. The Labute approximate surface area is 84.5 Å². The Hall–Kier alpha value is -0.440. The second kappa shape index (κ2) is 6.08. The third-order valence-electron chi connectivity index (χ3n) is 1.88. The molecule has 0 atom stereocenters. The lowest BCUT2D eigenvalue weighted by molar-refractivity contribution is 0.968. The number of aromatic nitrogens is 2. The summed E-state index contributed by atoms with van der Waals surface area (Å²) in [6.07, 6.45) is 5.38. The lowest BCUT2D eigenvalue weighted by Gasteiger charge is -1.96. The van der Waals surface area contributed by atoms with Crippen molar-refractivity contribution in [3.8, 4) is 0 Å². The quantitative estimate of drug-likeness (QED) is 0.712. The Morgan fingerprint density at radius 2 is 2.23 bits per heavy atom. The molecule has 1 aromatic rings. The Balaban J connectivity index is 2.20. The Bertz CT molecular complexity index is 233. The minimum atomic E-state index is 1.03. The zero-order valence-corrected chi connectivity index (χ0v) is 9.28. The van der Waals surface area contributed by atoms with Gasteiger partial charge in [-0.3, -0.25) is 0 Å². The van der Waals surface area contributed by atoms with Crippen LogP contribution in [0.5, 0.6) is 0 Å². The number of hydrogen-bond acceptors (Lipinski definition) is 2. The third kappa shape index (κ3) is 3.85. The molecule has 0 saturated carbocycles. The number of hydrogen-bond donors (Lipinski definition) is 1. The fourth-order valence-corrected chi connectivity index (χ4v) is 1.96. The van der Waals surface area contributed by atoms with Gasteiger partial charge in [-0.2, -0.15) is 11.8 Å². The normalized spacial score (nSPS) is 10.6. The zero-order valence-electron chi connectivity index (χ0n) is 8.47. The molecular formula is C10H18N2S. The molecule has 13 heavy (non-hydrogen) atoms. The topological polar surface area (TPSA) is 28.7 Å². The summed E-state index contributed by atoms with van der Waals surface area (Å²) in [7, 11) is 0. The average molecular weight is 198 g/mol. The van der Waals surface area contributed by atoms with Crippen molar-refractivity contribution in [2.75, 3.05) is 11.5 Å². The van der Waals surface area contributed by atoms with Gasteiger partial charge in [-0.25, -0.2) is 4.98 Å². The summed E-state index contributed by atoms with van der Waals surface area (Å²) in [6, 6.07) is 0. The molecule has 0 radical (unpaired) electrons. The van der Waals surface area contributed by atoms with Gasteiger partial charge in [0.1, 0.15) is 5.82 Å². The van der Waals surface area contributed by atoms with E-state index in [2.05, 4.69) is 23.8 Å². The number of rotatable bonds is 6. The minimum Gasteiger partial charge on any atom is -0.348 e. The number of nitrogens with zero attached hydrogens (tertiary/aromatic N) is 1. The Morgan fingerprint density at radius 3 is 2.85 bits per heavy atom. The van der Waals surface area contributed by atoms with E-state index in [9.17, 15) is 0 Å². The van der Waals surface area contributed by atoms with Gasteiger partial charge in [0.05, 0.1) is 5.69 Å². The maximum absolute atomic E-state index is 4.46. The number of nitrogens with one attached hydrogen (secondary N) is 1. The van der Waals surface area contributed by atoms with E-state index in [-0.39, 0.29) is 0 Å². The first-order valence-corrected chi connectivity index (χ1v) is 6.13. The molecule has 0 aliphatic carbocycles. The van der Waals surface area contributed by atoms with Crippen LogP contribution in [0.1, 0.15) is 31.8 Å². The van der Waals surface area contributed by atoms with Crippen molar-refractivity contribution < 1.29 is 0 Å². The highest BCUT2D eigenvalue weighted by Gasteiger charge is 1.98. The van der Waals surface area contributed by atoms with E-state index in [1.165, 1.54) is 23.6 Å². The predicted molar refractivity (Wildman–Crippen MR) is 59.3 cm³/mol. The Kier molecular flexibility index (Phi) is 4.98. The molecule has 0 aliphatic heterocycles. The highest BCUT2D eigenvalue weighted by atomic mass is 32.2. The SMILES string of the molecule is CCCSCCc1nc(CC)c[nH]1. The van der Waals surface area contributed by atoms with Gasteiger partial charge in [0, 0.05) is 18.4 Å². The van der Waals surface area contributed by atoms with E-state index < -0.39 is 0 Å². The molecule has 1 rings (SSSR count). The van der Waals surface area contributed by atoms with Gasteiger partial charge in [-0.1, -0.05) is 13.8 Å². The molecule has 0 amide bonds. The van der Waals surface area contributed by atoms with Crippen LogP contribution in [0.3, 0.4) is 0 Å². The van der Waals surface area contributed by atoms with Gasteiger partial charge in [-0.05, 0) is 18.6 Å². The van der Waals surface area contributed by atoms with Crippen molar-refractivity contribution in [2.45, 2.75) is 33.1 Å². The lowest BCUT2D eigenvalue weighted by Crippen LogP contribution is -1.92. The van der Waals surface area contributed by atoms with Crippen molar-refractivity contribution in [1.82, 2.24) is 9.97 Å². The smallest absolute Gasteiger partial charge is 0.107 e. The number of aromatic amines is 1. The fourth-order valence-electron chi connectivity index (χ4n) is 1.13. The van der Waals surface area contributed by atoms with Gasteiger partial charge in [0.15, 0.2) is 0 Å². The Morgan fingerprint density at radius 1 is 1.38 bits per heavy atom. The van der Waals surface area contributed by atoms with Crippen LogP contribution in [0.15, 0.2) is 6.20 Å². The first-order chi connectivity index (χ1) is 6.36. The van der Waals surface area contributed by atoms with E-state index in [0.29, 0.717) is 0 Å². The molecule has 0 bridgehead atoms. The van der Waals surface area contributed by atoms with Crippen LogP contribution in [-0.2, 0) is 12.8 Å². The second-order valence-electron chi connectivity index (χ2n) is 3.05. The summed E-state index contributed by atoms with van der Waals surface area (Å²) in [5, 5.41) is 0. The number of imidazole rings is 1. The summed E-state index contributed by atoms with van der Waals surface area (Å²) in [4.78, 5) is 7.67. The third-order valence-corrected chi connectivity index (χ3v) is 3.07. The summed E-state index contributed by atoms with van der Waals surface area (Å²) in [5.41, 5.74) is 1.18. The molecule has 0 aromatic carbocycles. The highest BCUT2D eigenvalue weighted by molar-refractivity contribution is 7.99. The largest absolute Gasteiger partial charge is 0.348 e. The van der Waals surface area contributed by atoms with Crippen LogP contribution in [0.25, 0.3) is 0 Å². The van der Waals surface area contributed by atoms with Crippen LogP contribution in [-0.4, -0.2) is 21.5 Å². The molecule has 0 unspecified atom stereocenters. The molecule has 2 nitrogen and oxygen atoms in total. The fraction of sp³-hybridized carbons (Fsp3) is 0.700. The molecule has 0 aliphatic rings. The van der Waals surface area contributed by atoms with E-state index in [1.807, 2.05) is 18.0 Å². The van der Waals surface area contributed by atoms with Crippen molar-refractivity contribution in [1.29, 1.82) is 0 Å². The van der Waals surface area contributed by atoms with Gasteiger partial charge >= 0.3 is 0 Å². The minimum absolute atomic E-state index is 1.03. The maximum Gasteiger partial charge on any atom is 0.107 e. The first kappa shape index (κ1) is 10.6. The number of aryl methyl sites for hydroxylation is 2. The molecule has 0 saturated heterocycles. The molecule has 74 valence electrons. The molecule has 1 heterocycles. The first-order valence-electron chi connectivity index (χ1n) is 4.97. The summed E-state index contributed by atoms with van der Waals surface area (Å²) < 4.78 is 0. The number of thioether (sulfide) groups is 1. The van der Waals surface area contributed by atoms with Crippen LogP contribution >= 0.6 is 11.8 Å². The molecule has 3 heteroatoms. The molecule has 0 spiro atoms. The van der Waals surface area contributed by atoms with Gasteiger partial charge < -0.3 is 4.98 Å². The van der Waals surface area contributed by atoms with E-state index in [4.69, 9.17) is 0 Å². The van der Waals surface area contributed by atoms with Crippen molar-refractivity contribution >= 4 is 11.8 Å². The van der Waals surface area contributed by atoms with Crippen LogP contribution < -0.4 is 0 Å². The van der Waals surface area contributed by atoms with Crippen LogP contribution in [0, 0.1) is 0 Å². The van der Waals surface area contributed by atoms with Gasteiger partial charge in [0.25, 0.3) is 0 Å². The van der Waals surface area contributed by atoms with E-state index in [1.54, 1.807) is 0 Å². The molecule has 1 N–H and O–H groups in total. The highest BCUT2D eigenvalue weighted by Crippen LogP contribution is 2.06. The van der Waals surface area contributed by atoms with Crippen molar-refractivity contribution in [3.63, 3.8) is 0 Å². The molecule has 1 aromatic heterocycles. The monoisotopic (exact) mass is 198 g/mol. The van der Waals surface area contributed by atoms with Gasteiger partial charge in [-0.15, -0.1) is 0 Å². The zero-order chi connectivity index (χ0) is 9.52. The second-order valence-corrected chi connectivity index (χ2v) is 4.28. The summed E-state index contributed by atoms with van der Waals surface area (Å²) >= 11 is 2.00. The van der Waals surface area contributed by atoms with E-state index >= 15 is 0 Å². The van der Waals surface area contributed by atoms with Crippen molar-refractivity contribution in [3.05, 3.63) is 17.7 Å².